The fourth-order valence-electron chi connectivity index (χ4n) is 3.10. The first-order chi connectivity index (χ1) is 11.5. The van der Waals surface area contributed by atoms with E-state index in [-0.39, 0.29) is 24.3 Å². The van der Waals surface area contributed by atoms with Crippen LogP contribution in [0, 0.1) is 5.82 Å². The van der Waals surface area contributed by atoms with E-state index in [9.17, 15) is 14.3 Å². The van der Waals surface area contributed by atoms with Crippen LogP contribution in [0.3, 0.4) is 0 Å². The van der Waals surface area contributed by atoms with Crippen LogP contribution < -0.4 is 0 Å². The number of amides is 1. The van der Waals surface area contributed by atoms with Crippen molar-refractivity contribution in [1.29, 1.82) is 0 Å². The second-order valence-electron chi connectivity index (χ2n) is 6.22. The average Bonchev–Trinajstić information content (AvgIpc) is 3.18. The lowest BCUT2D eigenvalue weighted by molar-refractivity contribution is -0.132. The highest BCUT2D eigenvalue weighted by Crippen LogP contribution is 2.32. The predicted octanol–water partition coefficient (Wildman–Crippen LogP) is 2.19. The summed E-state index contributed by atoms with van der Waals surface area (Å²) in [7, 11) is 1.73. The first-order valence-corrected chi connectivity index (χ1v) is 7.97. The minimum Gasteiger partial charge on any atom is -0.467 e. The summed E-state index contributed by atoms with van der Waals surface area (Å²) in [5.74, 6) is 0.383. The Bertz CT molecular complexity index is 672. The van der Waals surface area contributed by atoms with E-state index in [1.54, 1.807) is 36.4 Å². The molecule has 0 aliphatic carbocycles. The molecule has 2 aromatic rings. The van der Waals surface area contributed by atoms with Crippen molar-refractivity contribution in [2.24, 2.45) is 0 Å². The smallest absolute Gasteiger partial charge is 0.236 e. The lowest BCUT2D eigenvalue weighted by Gasteiger charge is -2.26. The number of aliphatic hydroxyl groups is 1. The molecule has 1 saturated heterocycles. The molecule has 6 heteroatoms. The molecular formula is C18H21FN2O3. The zero-order chi connectivity index (χ0) is 17.1. The number of β-amino-alcohol motifs (C(OH)–C–C–N with tert-alkyl or cyclic N) is 1. The normalized spacial score (nSPS) is 21.1. The third-order valence-electron chi connectivity index (χ3n) is 4.37. The molecule has 1 N–H and O–H groups in total. The van der Waals surface area contributed by atoms with Gasteiger partial charge in [-0.3, -0.25) is 9.69 Å². The van der Waals surface area contributed by atoms with E-state index >= 15 is 0 Å². The van der Waals surface area contributed by atoms with Gasteiger partial charge in [-0.25, -0.2) is 4.39 Å². The Morgan fingerprint density at radius 2 is 2.12 bits per heavy atom. The minimum atomic E-state index is -0.483. The summed E-state index contributed by atoms with van der Waals surface area (Å²) in [6, 6.07) is 9.76. The van der Waals surface area contributed by atoms with Crippen LogP contribution in [0.2, 0.25) is 0 Å². The van der Waals surface area contributed by atoms with Gasteiger partial charge in [0.1, 0.15) is 11.6 Å². The third-order valence-corrected chi connectivity index (χ3v) is 4.37. The minimum absolute atomic E-state index is 0.0485. The maximum absolute atomic E-state index is 13.1. The number of likely N-dealkylation sites (tertiary alicyclic amines) is 1. The number of hydrogen-bond acceptors (Lipinski definition) is 4. The number of benzene rings is 1. The number of aliphatic hydroxyl groups excluding tert-OH is 1. The van der Waals surface area contributed by atoms with Gasteiger partial charge in [0.25, 0.3) is 0 Å². The van der Waals surface area contributed by atoms with Gasteiger partial charge in [0.05, 0.1) is 25.5 Å². The highest BCUT2D eigenvalue weighted by molar-refractivity contribution is 5.78. The molecule has 0 bridgehead atoms. The summed E-state index contributed by atoms with van der Waals surface area (Å²) in [5, 5.41) is 9.99. The highest BCUT2D eigenvalue weighted by Gasteiger charge is 2.33. The van der Waals surface area contributed by atoms with Gasteiger partial charge in [-0.2, -0.15) is 0 Å². The summed E-state index contributed by atoms with van der Waals surface area (Å²) in [4.78, 5) is 16.0. The predicted molar refractivity (Wildman–Crippen MR) is 86.5 cm³/mol. The van der Waals surface area contributed by atoms with Crippen LogP contribution in [0.15, 0.2) is 47.1 Å². The van der Waals surface area contributed by atoms with Crippen LogP contribution in [0.1, 0.15) is 23.8 Å². The Labute approximate surface area is 140 Å². The van der Waals surface area contributed by atoms with Crippen LogP contribution in [0.5, 0.6) is 0 Å². The molecule has 5 nitrogen and oxygen atoms in total. The van der Waals surface area contributed by atoms with Crippen molar-refractivity contribution in [2.45, 2.75) is 25.1 Å². The van der Waals surface area contributed by atoms with Crippen LogP contribution in [0.25, 0.3) is 0 Å². The van der Waals surface area contributed by atoms with Crippen molar-refractivity contribution in [3.05, 3.63) is 59.8 Å². The first kappa shape index (κ1) is 16.7. The second-order valence-corrected chi connectivity index (χ2v) is 6.22. The molecule has 1 aliphatic rings. The Morgan fingerprint density at radius 3 is 2.79 bits per heavy atom. The molecule has 24 heavy (non-hydrogen) atoms. The molecule has 2 heterocycles. The van der Waals surface area contributed by atoms with Crippen LogP contribution in [-0.2, 0) is 11.3 Å². The SMILES string of the molecule is CN(Cc1ccco1)C(=O)CN1C[C@@H](O)C[C@H]1c1ccc(F)cc1. The number of halogens is 1. The molecule has 1 fully saturated rings. The number of rotatable bonds is 5. The molecule has 2 atom stereocenters. The number of nitrogens with zero attached hydrogens (tertiary/aromatic N) is 2. The molecule has 0 spiro atoms. The molecule has 1 aromatic heterocycles. The maximum atomic E-state index is 13.1. The van der Waals surface area contributed by atoms with E-state index in [1.165, 1.54) is 12.1 Å². The van der Waals surface area contributed by atoms with E-state index in [4.69, 9.17) is 4.42 Å². The largest absolute Gasteiger partial charge is 0.467 e. The van der Waals surface area contributed by atoms with E-state index in [0.29, 0.717) is 19.5 Å². The van der Waals surface area contributed by atoms with Crippen molar-refractivity contribution in [1.82, 2.24) is 9.80 Å². The van der Waals surface area contributed by atoms with Crippen molar-refractivity contribution in [3.8, 4) is 0 Å². The molecule has 1 amide bonds. The topological polar surface area (TPSA) is 56.9 Å². The summed E-state index contributed by atoms with van der Waals surface area (Å²) in [6.45, 7) is 1.04. The molecule has 0 unspecified atom stereocenters. The first-order valence-electron chi connectivity index (χ1n) is 7.97. The van der Waals surface area contributed by atoms with Gasteiger partial charge >= 0.3 is 0 Å². The van der Waals surface area contributed by atoms with Gasteiger partial charge in [0.2, 0.25) is 5.91 Å². The molecule has 0 saturated carbocycles. The second kappa shape index (κ2) is 7.15. The molecular weight excluding hydrogens is 311 g/mol. The van der Waals surface area contributed by atoms with Gasteiger partial charge in [0.15, 0.2) is 0 Å². The highest BCUT2D eigenvalue weighted by atomic mass is 19.1. The van der Waals surface area contributed by atoms with E-state index in [2.05, 4.69) is 0 Å². The summed E-state index contributed by atoms with van der Waals surface area (Å²) < 4.78 is 18.4. The quantitative estimate of drug-likeness (QED) is 0.912. The molecule has 0 radical (unpaired) electrons. The van der Waals surface area contributed by atoms with Crippen molar-refractivity contribution in [3.63, 3.8) is 0 Å². The molecule has 128 valence electrons. The van der Waals surface area contributed by atoms with E-state index in [0.717, 1.165) is 11.3 Å². The van der Waals surface area contributed by atoms with Gasteiger partial charge in [-0.1, -0.05) is 12.1 Å². The van der Waals surface area contributed by atoms with Gasteiger partial charge < -0.3 is 14.4 Å². The zero-order valence-electron chi connectivity index (χ0n) is 13.6. The van der Waals surface area contributed by atoms with Crippen LogP contribution >= 0.6 is 0 Å². The Balaban J connectivity index is 1.65. The number of carbonyl (C=O) groups excluding carboxylic acids is 1. The fraction of sp³-hybridized carbons (Fsp3) is 0.389. The Kier molecular flexibility index (Phi) is 4.97. The van der Waals surface area contributed by atoms with Crippen molar-refractivity contribution < 1.29 is 18.7 Å². The average molecular weight is 332 g/mol. The number of likely N-dealkylation sites (N-methyl/N-ethyl adjacent to an activating group) is 1. The van der Waals surface area contributed by atoms with Crippen molar-refractivity contribution >= 4 is 5.91 Å². The van der Waals surface area contributed by atoms with Crippen LogP contribution in [-0.4, -0.2) is 47.1 Å². The molecule has 1 aliphatic heterocycles. The Morgan fingerprint density at radius 1 is 1.38 bits per heavy atom. The van der Waals surface area contributed by atoms with E-state index in [1.807, 2.05) is 11.0 Å². The lowest BCUT2D eigenvalue weighted by Crippen LogP contribution is -2.38. The van der Waals surface area contributed by atoms with Gasteiger partial charge in [-0.15, -0.1) is 0 Å². The maximum Gasteiger partial charge on any atom is 0.236 e. The Hall–Kier alpha value is -2.18. The zero-order valence-corrected chi connectivity index (χ0v) is 13.6. The van der Waals surface area contributed by atoms with Gasteiger partial charge in [0, 0.05) is 19.6 Å². The fourth-order valence-corrected chi connectivity index (χ4v) is 3.10. The molecule has 3 rings (SSSR count). The third kappa shape index (κ3) is 3.83. The number of hydrogen-bond donors (Lipinski definition) is 1. The van der Waals surface area contributed by atoms with Gasteiger partial charge in [-0.05, 0) is 36.2 Å². The molecule has 1 aromatic carbocycles. The van der Waals surface area contributed by atoms with E-state index < -0.39 is 6.10 Å². The van der Waals surface area contributed by atoms with Crippen molar-refractivity contribution in [2.75, 3.05) is 20.1 Å². The number of carbonyl (C=O) groups is 1. The standard InChI is InChI=1S/C18H21FN2O3/c1-20(11-16-3-2-8-24-16)18(23)12-21-10-15(22)9-17(21)13-4-6-14(19)7-5-13/h2-8,15,17,22H,9-12H2,1H3/t15-,17-/m0/s1. The summed E-state index contributed by atoms with van der Waals surface area (Å²) in [5.41, 5.74) is 0.912. The monoisotopic (exact) mass is 332 g/mol. The summed E-state index contributed by atoms with van der Waals surface area (Å²) in [6.07, 6.45) is 1.64. The lowest BCUT2D eigenvalue weighted by atomic mass is 10.0. The number of furan rings is 1. The summed E-state index contributed by atoms with van der Waals surface area (Å²) >= 11 is 0. The van der Waals surface area contributed by atoms with Crippen LogP contribution in [0.4, 0.5) is 4.39 Å².